The lowest BCUT2D eigenvalue weighted by Gasteiger charge is -2.28. The molecule has 0 bridgehead atoms. The normalized spacial score (nSPS) is 14.1. The van der Waals surface area contributed by atoms with Crippen molar-refractivity contribution in [3.05, 3.63) is 76.5 Å². The van der Waals surface area contributed by atoms with E-state index in [-0.39, 0.29) is 36.8 Å². The van der Waals surface area contributed by atoms with Crippen LogP contribution in [-0.4, -0.2) is 47.0 Å². The van der Waals surface area contributed by atoms with Gasteiger partial charge in [-0.1, -0.05) is 0 Å². The van der Waals surface area contributed by atoms with Crippen molar-refractivity contribution in [2.24, 2.45) is 0 Å². The van der Waals surface area contributed by atoms with Gasteiger partial charge in [-0.3, -0.25) is 9.59 Å². The molecule has 0 radical (unpaired) electrons. The van der Waals surface area contributed by atoms with Gasteiger partial charge in [-0.25, -0.2) is 4.98 Å². The Bertz CT molecular complexity index is 1580. The van der Waals surface area contributed by atoms with Crippen LogP contribution in [0.25, 0.3) is 28.3 Å². The molecule has 202 valence electrons. The molecule has 0 unspecified atom stereocenters. The zero-order valence-corrected chi connectivity index (χ0v) is 21.1. The van der Waals surface area contributed by atoms with E-state index in [9.17, 15) is 22.8 Å². The van der Waals surface area contributed by atoms with E-state index >= 15 is 0 Å². The van der Waals surface area contributed by atoms with Crippen LogP contribution in [0, 0.1) is 6.92 Å². The highest BCUT2D eigenvalue weighted by atomic mass is 19.4. The fourth-order valence-corrected chi connectivity index (χ4v) is 4.44. The molecule has 0 spiro atoms. The van der Waals surface area contributed by atoms with Crippen molar-refractivity contribution in [3.8, 4) is 28.3 Å². The number of amides is 1. The maximum atomic E-state index is 14.2. The lowest BCUT2D eigenvalue weighted by molar-refractivity contribution is -0.137. The van der Waals surface area contributed by atoms with E-state index in [1.807, 2.05) is 13.0 Å². The quantitative estimate of drug-likeness (QED) is 0.380. The van der Waals surface area contributed by atoms with Crippen molar-refractivity contribution in [1.29, 1.82) is 0 Å². The smallest absolute Gasteiger partial charge is 0.418 e. The van der Waals surface area contributed by atoms with Gasteiger partial charge in [-0.05, 0) is 61.9 Å². The molecule has 39 heavy (non-hydrogen) atoms. The number of carbonyl (C=O) groups excluding carboxylic acids is 1. The Balaban J connectivity index is 1.73. The Kier molecular flexibility index (Phi) is 6.96. The van der Waals surface area contributed by atoms with Gasteiger partial charge in [0.25, 0.3) is 11.5 Å². The number of aryl methyl sites for hydroxylation is 1. The molecule has 12 heteroatoms. The SMILES string of the molecule is CCNc1cc(-c2cc(C)cc(-c3cnco3)c2)nn(-c2cc(N3CCOCC3=O)ccc2C(F)(F)F)c1=O. The van der Waals surface area contributed by atoms with Crippen LogP contribution in [0.15, 0.2) is 64.3 Å². The van der Waals surface area contributed by atoms with Crippen LogP contribution in [-0.2, 0) is 15.7 Å². The molecule has 5 rings (SSSR count). The fourth-order valence-electron chi connectivity index (χ4n) is 4.44. The van der Waals surface area contributed by atoms with Gasteiger partial charge >= 0.3 is 6.18 Å². The van der Waals surface area contributed by atoms with E-state index in [1.165, 1.54) is 23.4 Å². The first kappa shape index (κ1) is 26.2. The minimum absolute atomic E-state index is 0.0752. The van der Waals surface area contributed by atoms with Gasteiger partial charge in [0.05, 0.1) is 29.7 Å². The second-order valence-electron chi connectivity index (χ2n) is 8.94. The average molecular weight is 540 g/mol. The van der Waals surface area contributed by atoms with E-state index in [2.05, 4.69) is 15.4 Å². The first-order chi connectivity index (χ1) is 18.7. The van der Waals surface area contributed by atoms with E-state index in [0.717, 1.165) is 22.4 Å². The summed E-state index contributed by atoms with van der Waals surface area (Å²) < 4.78 is 53.8. The predicted octanol–water partition coefficient (Wildman–Crippen LogP) is 4.68. The summed E-state index contributed by atoms with van der Waals surface area (Å²) in [5, 5.41) is 7.32. The Morgan fingerprint density at radius 3 is 2.56 bits per heavy atom. The minimum atomic E-state index is -4.79. The summed E-state index contributed by atoms with van der Waals surface area (Å²) in [6.07, 6.45) is -1.95. The van der Waals surface area contributed by atoms with Crippen LogP contribution in [0.2, 0.25) is 0 Å². The van der Waals surface area contributed by atoms with Crippen LogP contribution in [0.3, 0.4) is 0 Å². The molecule has 1 saturated heterocycles. The Labute approximate surface area is 220 Å². The molecule has 1 aliphatic heterocycles. The molecule has 0 saturated carbocycles. The van der Waals surface area contributed by atoms with E-state index in [1.54, 1.807) is 25.3 Å². The highest BCUT2D eigenvalue weighted by Crippen LogP contribution is 2.36. The molecule has 1 fully saturated rings. The number of nitrogens with zero attached hydrogens (tertiary/aromatic N) is 4. The minimum Gasteiger partial charge on any atom is -0.444 e. The molecule has 1 N–H and O–H groups in total. The number of alkyl halides is 3. The highest BCUT2D eigenvalue weighted by molar-refractivity contribution is 5.95. The van der Waals surface area contributed by atoms with Gasteiger partial charge in [0.1, 0.15) is 12.3 Å². The van der Waals surface area contributed by atoms with Crippen LogP contribution in [0.1, 0.15) is 18.1 Å². The molecule has 9 nitrogen and oxygen atoms in total. The second kappa shape index (κ2) is 10.4. The number of ether oxygens (including phenoxy) is 1. The first-order valence-electron chi connectivity index (χ1n) is 12.1. The number of rotatable bonds is 6. The third-order valence-corrected chi connectivity index (χ3v) is 6.18. The molecular formula is C27H24F3N5O4. The molecule has 0 aliphatic carbocycles. The second-order valence-corrected chi connectivity index (χ2v) is 8.94. The summed E-state index contributed by atoms with van der Waals surface area (Å²) in [6.45, 7) is 4.20. The maximum absolute atomic E-state index is 14.2. The molecule has 1 amide bonds. The van der Waals surface area contributed by atoms with Crippen molar-refractivity contribution >= 4 is 17.3 Å². The first-order valence-corrected chi connectivity index (χ1v) is 12.1. The number of hydrogen-bond donors (Lipinski definition) is 1. The lowest BCUT2D eigenvalue weighted by atomic mass is 10.0. The predicted molar refractivity (Wildman–Crippen MR) is 138 cm³/mol. The summed E-state index contributed by atoms with van der Waals surface area (Å²) in [7, 11) is 0. The monoisotopic (exact) mass is 539 g/mol. The number of aromatic nitrogens is 3. The largest absolute Gasteiger partial charge is 0.444 e. The number of anilines is 2. The van der Waals surface area contributed by atoms with Gasteiger partial charge in [-0.15, -0.1) is 0 Å². The molecule has 2 aromatic heterocycles. The van der Waals surface area contributed by atoms with Crippen LogP contribution in [0.5, 0.6) is 0 Å². The van der Waals surface area contributed by atoms with Gasteiger partial charge in [-0.2, -0.15) is 23.0 Å². The highest BCUT2D eigenvalue weighted by Gasteiger charge is 2.36. The number of oxazole rings is 1. The van der Waals surface area contributed by atoms with Crippen molar-refractivity contribution in [2.75, 3.05) is 36.5 Å². The summed E-state index contributed by atoms with van der Waals surface area (Å²) in [5.41, 5.74) is 0.312. The summed E-state index contributed by atoms with van der Waals surface area (Å²) in [5.74, 6) is 0.108. The van der Waals surface area contributed by atoms with Gasteiger partial charge in [0.2, 0.25) is 0 Å². The molecule has 1 aliphatic rings. The lowest BCUT2D eigenvalue weighted by Crippen LogP contribution is -2.41. The number of halogens is 3. The van der Waals surface area contributed by atoms with E-state index in [4.69, 9.17) is 9.15 Å². The third kappa shape index (κ3) is 5.28. The Hall–Kier alpha value is -4.45. The number of nitrogens with one attached hydrogen (secondary N) is 1. The molecule has 2 aromatic carbocycles. The van der Waals surface area contributed by atoms with Crippen LogP contribution >= 0.6 is 0 Å². The topological polar surface area (TPSA) is 102 Å². The maximum Gasteiger partial charge on any atom is 0.418 e. The van der Waals surface area contributed by atoms with Gasteiger partial charge < -0.3 is 19.4 Å². The molecule has 0 atom stereocenters. The zero-order chi connectivity index (χ0) is 27.7. The van der Waals surface area contributed by atoms with Crippen molar-refractivity contribution in [2.45, 2.75) is 20.0 Å². The molecular weight excluding hydrogens is 515 g/mol. The van der Waals surface area contributed by atoms with Crippen molar-refractivity contribution in [1.82, 2.24) is 14.8 Å². The summed E-state index contributed by atoms with van der Waals surface area (Å²) >= 11 is 0. The summed E-state index contributed by atoms with van der Waals surface area (Å²) in [4.78, 5) is 31.1. The fraction of sp³-hybridized carbons (Fsp3) is 0.259. The zero-order valence-electron chi connectivity index (χ0n) is 21.1. The number of carbonyl (C=O) groups is 1. The van der Waals surface area contributed by atoms with E-state index < -0.39 is 28.9 Å². The number of morpholine rings is 1. The standard InChI is InChI=1S/C27H24F3N5O4/c1-3-32-22-12-21(17-8-16(2)9-18(10-17)24-13-31-15-39-24)33-35(26(22)37)23-11-19(4-5-20(23)27(28,29)30)34-6-7-38-14-25(34)36/h4-5,8-13,15,32H,3,6-7,14H2,1-2H3. The number of hydrogen-bond acceptors (Lipinski definition) is 7. The average Bonchev–Trinajstić information content (AvgIpc) is 3.44. The van der Waals surface area contributed by atoms with Crippen LogP contribution < -0.4 is 15.8 Å². The Morgan fingerprint density at radius 1 is 1.08 bits per heavy atom. The number of benzene rings is 2. The molecule has 4 aromatic rings. The van der Waals surface area contributed by atoms with Gasteiger partial charge in [0, 0.05) is 29.9 Å². The van der Waals surface area contributed by atoms with Crippen molar-refractivity contribution < 1.29 is 27.1 Å². The summed E-state index contributed by atoms with van der Waals surface area (Å²) in [6, 6.07) is 10.2. The molecule has 3 heterocycles. The van der Waals surface area contributed by atoms with E-state index in [0.29, 0.717) is 23.4 Å². The third-order valence-electron chi connectivity index (χ3n) is 6.18. The Morgan fingerprint density at radius 2 is 1.87 bits per heavy atom. The van der Waals surface area contributed by atoms with Gasteiger partial charge in [0.15, 0.2) is 12.2 Å². The van der Waals surface area contributed by atoms with Crippen LogP contribution in [0.4, 0.5) is 24.5 Å². The van der Waals surface area contributed by atoms with Crippen molar-refractivity contribution in [3.63, 3.8) is 0 Å².